The van der Waals surface area contributed by atoms with Gasteiger partial charge in [0.25, 0.3) is 0 Å². The Kier molecular flexibility index (Phi) is 7.69. The van der Waals surface area contributed by atoms with Crippen LogP contribution in [0.15, 0.2) is 188 Å². The van der Waals surface area contributed by atoms with Crippen molar-refractivity contribution in [3.05, 3.63) is 221 Å². The van der Waals surface area contributed by atoms with E-state index < -0.39 is 0 Å². The first-order valence-electron chi connectivity index (χ1n) is 23.6. The van der Waals surface area contributed by atoms with Crippen molar-refractivity contribution in [2.45, 2.75) is 50.4 Å². The Hall–Kier alpha value is -7.02. The maximum atomic E-state index is 2.71. The minimum atomic E-state index is -0.373. The van der Waals surface area contributed by atoms with E-state index in [0.717, 1.165) is 19.3 Å². The lowest BCUT2D eigenvalue weighted by Gasteiger charge is -2.51. The van der Waals surface area contributed by atoms with E-state index in [1.807, 2.05) is 0 Å². The van der Waals surface area contributed by atoms with Crippen LogP contribution < -0.4 is 0 Å². The summed E-state index contributed by atoms with van der Waals surface area (Å²) in [6.07, 6.45) is 23.1. The van der Waals surface area contributed by atoms with Gasteiger partial charge in [-0.15, -0.1) is 0 Å². The molecule has 14 rings (SSSR count). The standard InChI is InChI=1S/C64H48/c1-38-18-12-13-29-44(38)60-54-34-49(39-19-6-3-7-20-39)63-53-35-50-45-30-14-25-41-27-16-32-47(57(41)45)61(50)59(43-23-10-5-11-24-43)52(53)36-55(40-21-8-4-9-22-40)64(63,2)56(54)37-51-46-31-15-26-42-28-17-33-48(58(42)46)62(51)60/h3-12,14-21,23-28,30-38,40,44,63H,13,22,29H2,1-2H3. The molecule has 304 valence electrons. The Morgan fingerprint density at radius 2 is 1.17 bits per heavy atom. The summed E-state index contributed by atoms with van der Waals surface area (Å²) in [6, 6.07) is 56.0. The van der Waals surface area contributed by atoms with Crippen LogP contribution in [0.1, 0.15) is 78.3 Å². The molecule has 6 aliphatic rings. The summed E-state index contributed by atoms with van der Waals surface area (Å²) >= 11 is 0. The third-order valence-corrected chi connectivity index (χ3v) is 16.3. The summed E-state index contributed by atoms with van der Waals surface area (Å²) in [7, 11) is 0. The van der Waals surface area contributed by atoms with E-state index in [0.29, 0.717) is 11.8 Å². The summed E-state index contributed by atoms with van der Waals surface area (Å²) in [4.78, 5) is 0. The van der Waals surface area contributed by atoms with Gasteiger partial charge in [-0.25, -0.2) is 0 Å². The second-order valence-corrected chi connectivity index (χ2v) is 19.5. The summed E-state index contributed by atoms with van der Waals surface area (Å²) in [5, 5.41) is 5.44. The first-order valence-corrected chi connectivity index (χ1v) is 23.6. The number of hydrogen-bond donors (Lipinski definition) is 0. The van der Waals surface area contributed by atoms with Crippen molar-refractivity contribution in [1.29, 1.82) is 0 Å². The Labute approximate surface area is 376 Å². The van der Waals surface area contributed by atoms with Crippen LogP contribution in [0.2, 0.25) is 0 Å². The molecule has 0 N–H and O–H groups in total. The van der Waals surface area contributed by atoms with Crippen molar-refractivity contribution in [3.63, 3.8) is 0 Å². The molecular formula is C64H48. The van der Waals surface area contributed by atoms with Gasteiger partial charge in [0.15, 0.2) is 0 Å². The maximum absolute atomic E-state index is 2.71. The lowest BCUT2D eigenvalue weighted by Crippen LogP contribution is -2.41. The second-order valence-electron chi connectivity index (χ2n) is 19.5. The molecule has 0 aromatic heterocycles. The van der Waals surface area contributed by atoms with Gasteiger partial charge in [-0.05, 0) is 165 Å². The van der Waals surface area contributed by atoms with Crippen LogP contribution in [0.4, 0.5) is 0 Å². The zero-order chi connectivity index (χ0) is 42.3. The molecule has 0 radical (unpaired) electrons. The van der Waals surface area contributed by atoms with Crippen LogP contribution in [-0.4, -0.2) is 0 Å². The highest BCUT2D eigenvalue weighted by Crippen LogP contribution is 2.67. The number of allylic oxidation sites excluding steroid dienone is 8. The summed E-state index contributed by atoms with van der Waals surface area (Å²) in [5.41, 5.74) is 25.0. The van der Waals surface area contributed by atoms with Gasteiger partial charge in [0.1, 0.15) is 0 Å². The molecule has 8 aromatic carbocycles. The summed E-state index contributed by atoms with van der Waals surface area (Å²) < 4.78 is 0. The molecule has 0 nitrogen and oxygen atoms in total. The van der Waals surface area contributed by atoms with Crippen molar-refractivity contribution in [3.8, 4) is 55.6 Å². The van der Waals surface area contributed by atoms with Crippen LogP contribution in [-0.2, 0) is 5.41 Å². The Bertz CT molecular complexity index is 3480. The first kappa shape index (κ1) is 36.5. The summed E-state index contributed by atoms with van der Waals surface area (Å²) in [6.45, 7) is 5.12. The van der Waals surface area contributed by atoms with Gasteiger partial charge in [-0.2, -0.15) is 0 Å². The molecule has 64 heavy (non-hydrogen) atoms. The van der Waals surface area contributed by atoms with E-state index in [9.17, 15) is 0 Å². The fourth-order valence-corrected chi connectivity index (χ4v) is 13.6. The second kappa shape index (κ2) is 13.5. The van der Waals surface area contributed by atoms with E-state index in [4.69, 9.17) is 0 Å². The predicted molar refractivity (Wildman–Crippen MR) is 271 cm³/mol. The van der Waals surface area contributed by atoms with Crippen molar-refractivity contribution in [1.82, 2.24) is 0 Å². The molecule has 0 saturated carbocycles. The van der Waals surface area contributed by atoms with Gasteiger partial charge in [0, 0.05) is 17.3 Å². The third-order valence-electron chi connectivity index (χ3n) is 16.3. The number of benzene rings is 8. The van der Waals surface area contributed by atoms with Gasteiger partial charge < -0.3 is 0 Å². The Morgan fingerprint density at radius 3 is 1.83 bits per heavy atom. The van der Waals surface area contributed by atoms with Gasteiger partial charge in [-0.1, -0.05) is 195 Å². The quantitative estimate of drug-likeness (QED) is 0.155. The molecule has 5 atom stereocenters. The van der Waals surface area contributed by atoms with Crippen LogP contribution >= 0.6 is 0 Å². The minimum absolute atomic E-state index is 0.0570. The lowest BCUT2D eigenvalue weighted by molar-refractivity contribution is 0.451. The monoisotopic (exact) mass is 816 g/mol. The third kappa shape index (κ3) is 4.84. The van der Waals surface area contributed by atoms with Crippen molar-refractivity contribution < 1.29 is 0 Å². The SMILES string of the molecule is CC1C=CCCC1c1c2c(cc3c1-c1cccc4cccc-3c14)C1(C)C(C3C=CC=CC3)=Cc3c(cc4c(c3-c3ccccc3)-c3cccc5cccc-4c35)C1C(c1ccccc1)=C2. The Morgan fingerprint density at radius 1 is 0.531 bits per heavy atom. The molecule has 8 aromatic rings. The number of rotatable bonds is 4. The van der Waals surface area contributed by atoms with E-state index in [2.05, 4.69) is 208 Å². The molecule has 0 spiro atoms. The molecule has 5 unspecified atom stereocenters. The maximum Gasteiger partial charge on any atom is 0.0258 e. The number of fused-ring (bicyclic) bond motifs is 11. The molecule has 0 saturated heterocycles. The molecule has 0 fully saturated rings. The van der Waals surface area contributed by atoms with Gasteiger partial charge in [0.05, 0.1) is 0 Å². The van der Waals surface area contributed by atoms with E-state index in [1.165, 1.54) is 116 Å². The largest absolute Gasteiger partial charge is 0.0882 e. The summed E-state index contributed by atoms with van der Waals surface area (Å²) in [5.74, 6) is 1.14. The molecule has 0 bridgehead atoms. The Balaban J connectivity index is 1.16. The number of hydrogen-bond acceptors (Lipinski definition) is 0. The lowest BCUT2D eigenvalue weighted by atomic mass is 9.51. The van der Waals surface area contributed by atoms with Gasteiger partial charge >= 0.3 is 0 Å². The molecule has 0 heterocycles. The molecular weight excluding hydrogens is 769 g/mol. The van der Waals surface area contributed by atoms with Crippen LogP contribution in [0.25, 0.3) is 94.9 Å². The smallest absolute Gasteiger partial charge is 0.0258 e. The van der Waals surface area contributed by atoms with Crippen LogP contribution in [0.5, 0.6) is 0 Å². The van der Waals surface area contributed by atoms with Gasteiger partial charge in [-0.3, -0.25) is 0 Å². The highest BCUT2D eigenvalue weighted by Gasteiger charge is 2.52. The molecule has 0 amide bonds. The topological polar surface area (TPSA) is 0 Å². The minimum Gasteiger partial charge on any atom is -0.0882 e. The van der Waals surface area contributed by atoms with Crippen molar-refractivity contribution in [2.75, 3.05) is 0 Å². The predicted octanol–water partition coefficient (Wildman–Crippen LogP) is 17.1. The van der Waals surface area contributed by atoms with E-state index >= 15 is 0 Å². The van der Waals surface area contributed by atoms with Crippen LogP contribution in [0.3, 0.4) is 0 Å². The normalized spacial score (nSPS) is 22.7. The van der Waals surface area contributed by atoms with Crippen molar-refractivity contribution >= 4 is 39.3 Å². The molecule has 0 aliphatic heterocycles. The molecule has 0 heteroatoms. The van der Waals surface area contributed by atoms with Gasteiger partial charge in [0.2, 0.25) is 0 Å². The highest BCUT2D eigenvalue weighted by molar-refractivity contribution is 6.20. The average Bonchev–Trinajstić information content (AvgIpc) is 3.84. The van der Waals surface area contributed by atoms with E-state index in [1.54, 1.807) is 5.56 Å². The zero-order valence-corrected chi connectivity index (χ0v) is 36.4. The van der Waals surface area contributed by atoms with Crippen LogP contribution in [0, 0.1) is 11.8 Å². The van der Waals surface area contributed by atoms with E-state index in [-0.39, 0.29) is 17.3 Å². The molecule has 6 aliphatic carbocycles. The average molecular weight is 817 g/mol. The zero-order valence-electron chi connectivity index (χ0n) is 36.4. The van der Waals surface area contributed by atoms with Crippen molar-refractivity contribution in [2.24, 2.45) is 11.8 Å². The fraction of sp³-hybridized carbons (Fsp3) is 0.156. The first-order chi connectivity index (χ1) is 31.6. The fourth-order valence-electron chi connectivity index (χ4n) is 13.6. The highest BCUT2D eigenvalue weighted by atomic mass is 14.5.